The number of hydrogen-bond donors (Lipinski definition) is 0. The fourth-order valence-electron chi connectivity index (χ4n) is 6.84. The van der Waals surface area contributed by atoms with Crippen molar-refractivity contribution in [1.82, 2.24) is 33.3 Å². The third-order valence-corrected chi connectivity index (χ3v) is 9.08. The lowest BCUT2D eigenvalue weighted by molar-refractivity contribution is 1.03. The summed E-state index contributed by atoms with van der Waals surface area (Å²) >= 11 is 0. The molecule has 10 rings (SSSR count). The highest BCUT2D eigenvalue weighted by atomic mass is 15.3. The molecule has 0 amide bonds. The Kier molecular flexibility index (Phi) is 6.04. The molecule has 6 aromatic carbocycles. The zero-order chi connectivity index (χ0) is 32.3. The van der Waals surface area contributed by atoms with Crippen molar-refractivity contribution >= 4 is 44.7 Å². The van der Waals surface area contributed by atoms with Gasteiger partial charge < -0.3 is 0 Å². The minimum Gasteiger partial charge on any atom is -0.276 e. The molecule has 0 aliphatic rings. The van der Waals surface area contributed by atoms with Crippen molar-refractivity contribution in [2.45, 2.75) is 0 Å². The summed E-state index contributed by atoms with van der Waals surface area (Å²) in [6, 6.07) is 56.0. The molecule has 7 heteroatoms. The van der Waals surface area contributed by atoms with Gasteiger partial charge in [0.1, 0.15) is 0 Å². The van der Waals surface area contributed by atoms with E-state index in [4.69, 9.17) is 19.9 Å². The molecule has 10 aromatic rings. The molecule has 0 bridgehead atoms. The van der Waals surface area contributed by atoms with Crippen molar-refractivity contribution in [3.63, 3.8) is 0 Å². The van der Waals surface area contributed by atoms with E-state index in [2.05, 4.69) is 129 Å². The van der Waals surface area contributed by atoms with Crippen molar-refractivity contribution in [3.8, 4) is 39.6 Å². The second-order valence-corrected chi connectivity index (χ2v) is 12.0. The molecule has 4 heterocycles. The molecule has 0 N–H and O–H groups in total. The van der Waals surface area contributed by atoms with E-state index in [0.717, 1.165) is 78.4 Å². The van der Waals surface area contributed by atoms with Crippen LogP contribution in [-0.4, -0.2) is 33.3 Å². The minimum absolute atomic E-state index is 0.641. The summed E-state index contributed by atoms with van der Waals surface area (Å²) in [4.78, 5) is 20.8. The molecule has 0 aliphatic carbocycles. The maximum absolute atomic E-state index is 5.25. The van der Waals surface area contributed by atoms with E-state index in [0.29, 0.717) is 5.82 Å². The van der Waals surface area contributed by atoms with Crippen LogP contribution in [-0.2, 0) is 0 Å². The lowest BCUT2D eigenvalue weighted by Crippen LogP contribution is -2.03. The van der Waals surface area contributed by atoms with Gasteiger partial charge in [0.25, 0.3) is 0 Å². The Bertz CT molecular complexity index is 2710. The zero-order valence-electron chi connectivity index (χ0n) is 26.2. The van der Waals surface area contributed by atoms with Gasteiger partial charge in [0, 0.05) is 16.7 Å². The van der Waals surface area contributed by atoms with E-state index in [1.165, 1.54) is 0 Å². The van der Waals surface area contributed by atoms with Crippen LogP contribution in [0, 0.1) is 0 Å². The maximum Gasteiger partial charge on any atom is 0.223 e. The van der Waals surface area contributed by atoms with E-state index in [9.17, 15) is 0 Å². The first-order chi connectivity index (χ1) is 24.3. The van der Waals surface area contributed by atoms with Gasteiger partial charge in [0.05, 0.1) is 50.2 Å². The predicted molar refractivity (Wildman–Crippen MR) is 196 cm³/mol. The summed E-state index contributed by atoms with van der Waals surface area (Å²) in [5.74, 6) is 2.15. The van der Waals surface area contributed by atoms with E-state index in [1.807, 2.05) is 48.5 Å². The molecular weight excluding hydrogens is 603 g/mol. The lowest BCUT2D eigenvalue weighted by atomic mass is 10.1. The molecule has 0 fully saturated rings. The van der Waals surface area contributed by atoms with Gasteiger partial charge in [-0.1, -0.05) is 109 Å². The topological polar surface area (TPSA) is 65.3 Å². The van der Waals surface area contributed by atoms with Crippen LogP contribution in [0.3, 0.4) is 0 Å². The van der Waals surface area contributed by atoms with Gasteiger partial charge in [0.2, 0.25) is 11.6 Å². The third kappa shape index (κ3) is 4.37. The first-order valence-corrected chi connectivity index (χ1v) is 16.3. The Labute approximate surface area is 280 Å². The fourth-order valence-corrected chi connectivity index (χ4v) is 6.84. The van der Waals surface area contributed by atoms with E-state index in [1.54, 1.807) is 0 Å². The number of hydrogen-bond acceptors (Lipinski definition) is 4. The summed E-state index contributed by atoms with van der Waals surface area (Å²) in [7, 11) is 0. The van der Waals surface area contributed by atoms with Crippen LogP contribution in [0.15, 0.2) is 164 Å². The molecule has 0 spiro atoms. The number of para-hydroxylation sites is 6. The van der Waals surface area contributed by atoms with Crippen LogP contribution in [0.2, 0.25) is 0 Å². The van der Waals surface area contributed by atoms with Gasteiger partial charge in [-0.2, -0.15) is 0 Å². The molecule has 0 saturated carbocycles. The number of aromatic nitrogens is 7. The van der Waals surface area contributed by atoms with Gasteiger partial charge >= 0.3 is 0 Å². The van der Waals surface area contributed by atoms with Crippen molar-refractivity contribution in [2.24, 2.45) is 0 Å². The number of rotatable bonds is 4. The van der Waals surface area contributed by atoms with Crippen LogP contribution in [0.5, 0.6) is 0 Å². The van der Waals surface area contributed by atoms with Gasteiger partial charge in [-0.15, -0.1) is 0 Å². The smallest absolute Gasteiger partial charge is 0.223 e. The average molecular weight is 630 g/mol. The molecule has 49 heavy (non-hydrogen) atoms. The minimum atomic E-state index is 0.641. The van der Waals surface area contributed by atoms with Crippen molar-refractivity contribution in [2.75, 3.05) is 0 Å². The van der Waals surface area contributed by atoms with Crippen LogP contribution in [0.25, 0.3) is 84.2 Å². The number of fused-ring (bicyclic) bond motifs is 9. The highest BCUT2D eigenvalue weighted by molar-refractivity contribution is 5.93. The van der Waals surface area contributed by atoms with Crippen LogP contribution < -0.4 is 0 Å². The van der Waals surface area contributed by atoms with Crippen LogP contribution in [0.1, 0.15) is 0 Å². The third-order valence-electron chi connectivity index (χ3n) is 9.08. The zero-order valence-corrected chi connectivity index (χ0v) is 26.2. The molecular formula is C42H27N7. The Balaban J connectivity index is 1.30. The highest BCUT2D eigenvalue weighted by Crippen LogP contribution is 2.32. The number of benzene rings is 6. The fraction of sp³-hybridized carbons (Fsp3) is 0. The summed E-state index contributed by atoms with van der Waals surface area (Å²) in [6.45, 7) is 0. The number of imidazole rings is 2. The SMILES string of the molecule is c1ccc(-c2cc(-c3ccccc3)nc(-c3cccc(-n4c5nc6ccccc6n5c5ccccc5n5c6ccccc6nc45)c3)n2)cc1. The molecule has 0 radical (unpaired) electrons. The van der Waals surface area contributed by atoms with Gasteiger partial charge in [-0.25, -0.2) is 24.5 Å². The molecule has 4 aromatic heterocycles. The first kappa shape index (κ1) is 27.3. The van der Waals surface area contributed by atoms with Crippen molar-refractivity contribution < 1.29 is 0 Å². The summed E-state index contributed by atoms with van der Waals surface area (Å²) in [6.07, 6.45) is 0. The molecule has 0 saturated heterocycles. The van der Waals surface area contributed by atoms with Crippen molar-refractivity contribution in [3.05, 3.63) is 164 Å². The first-order valence-electron chi connectivity index (χ1n) is 16.3. The predicted octanol–water partition coefficient (Wildman–Crippen LogP) is 9.59. The summed E-state index contributed by atoms with van der Waals surface area (Å²) < 4.78 is 6.63. The molecule has 230 valence electrons. The average Bonchev–Trinajstić information content (AvgIpc) is 3.71. The van der Waals surface area contributed by atoms with Crippen LogP contribution in [0.4, 0.5) is 0 Å². The molecule has 0 aliphatic heterocycles. The second kappa shape index (κ2) is 10.9. The normalized spacial score (nSPS) is 11.7. The standard InChI is InChI=1S/C42H27N7/c1-3-14-28(15-4-1)34-27-35(29-16-5-2-6-17-29)44-40(43-34)30-18-13-19-31(26-30)47-41-45-32-20-7-9-22-36(32)48(41)38-24-11-12-25-39(38)49-37-23-10-8-21-33(37)46-42(47)49/h1-27H. The molecule has 7 nitrogen and oxygen atoms in total. The summed E-state index contributed by atoms with van der Waals surface area (Å²) in [5, 5.41) is 0. The maximum atomic E-state index is 5.25. The van der Waals surface area contributed by atoms with E-state index < -0.39 is 0 Å². The van der Waals surface area contributed by atoms with Gasteiger partial charge in [-0.05, 0) is 54.6 Å². The Morgan fingerprint density at radius 1 is 0.347 bits per heavy atom. The Hall–Kier alpha value is -6.86. The van der Waals surface area contributed by atoms with Gasteiger partial charge in [-0.3, -0.25) is 8.80 Å². The van der Waals surface area contributed by atoms with E-state index >= 15 is 0 Å². The Morgan fingerprint density at radius 2 is 0.796 bits per heavy atom. The van der Waals surface area contributed by atoms with Crippen LogP contribution >= 0.6 is 0 Å². The molecule has 0 unspecified atom stereocenters. The summed E-state index contributed by atoms with van der Waals surface area (Å²) in [5.41, 5.74) is 11.5. The number of nitrogens with zero attached hydrogens (tertiary/aromatic N) is 7. The Morgan fingerprint density at radius 3 is 1.33 bits per heavy atom. The van der Waals surface area contributed by atoms with Gasteiger partial charge in [0.15, 0.2) is 5.82 Å². The highest BCUT2D eigenvalue weighted by Gasteiger charge is 2.19. The second-order valence-electron chi connectivity index (χ2n) is 12.0. The van der Waals surface area contributed by atoms with E-state index in [-0.39, 0.29) is 0 Å². The molecule has 0 atom stereocenters. The lowest BCUT2D eigenvalue weighted by Gasteiger charge is -2.11. The monoisotopic (exact) mass is 629 g/mol. The van der Waals surface area contributed by atoms with Crippen molar-refractivity contribution in [1.29, 1.82) is 0 Å². The quantitative estimate of drug-likeness (QED) is 0.194. The largest absolute Gasteiger partial charge is 0.276 e.